The molecule has 0 aliphatic carbocycles. The number of hydrogen-bond donors (Lipinski definition) is 1. The summed E-state index contributed by atoms with van der Waals surface area (Å²) in [6.07, 6.45) is 3.68. The van der Waals surface area contributed by atoms with E-state index in [4.69, 9.17) is 4.98 Å². The summed E-state index contributed by atoms with van der Waals surface area (Å²) in [7, 11) is 0. The highest BCUT2D eigenvalue weighted by Crippen LogP contribution is 2.36. The van der Waals surface area contributed by atoms with E-state index in [0.29, 0.717) is 11.3 Å². The van der Waals surface area contributed by atoms with Gasteiger partial charge in [-0.3, -0.25) is 4.98 Å². The van der Waals surface area contributed by atoms with Gasteiger partial charge in [-0.05, 0) is 36.8 Å². The highest BCUT2D eigenvalue weighted by Gasteiger charge is 2.19. The third-order valence-corrected chi connectivity index (χ3v) is 5.27. The van der Waals surface area contributed by atoms with Crippen LogP contribution in [0.5, 0.6) is 0 Å². The maximum Gasteiger partial charge on any atom is 0.102 e. The molecule has 3 heterocycles. The predicted molar refractivity (Wildman–Crippen MR) is 120 cm³/mol. The van der Waals surface area contributed by atoms with Crippen LogP contribution in [-0.4, -0.2) is 15.0 Å². The first-order chi connectivity index (χ1) is 14.7. The van der Waals surface area contributed by atoms with Gasteiger partial charge >= 0.3 is 0 Å². The molecular weight excluding hydrogens is 368 g/mol. The van der Waals surface area contributed by atoms with Gasteiger partial charge in [-0.1, -0.05) is 54.1 Å². The lowest BCUT2D eigenvalue weighted by molar-refractivity contribution is 1.24. The molecule has 5 rings (SSSR count). The number of aromatic nitrogens is 3. The van der Waals surface area contributed by atoms with Gasteiger partial charge in [0.25, 0.3) is 0 Å². The van der Waals surface area contributed by atoms with Crippen molar-refractivity contribution < 1.29 is 0 Å². The number of fused-ring (bicyclic) bond motifs is 1. The average molecular weight is 386 g/mol. The van der Waals surface area contributed by atoms with Crippen LogP contribution in [-0.2, 0) is 0 Å². The van der Waals surface area contributed by atoms with Gasteiger partial charge in [-0.2, -0.15) is 5.26 Å². The van der Waals surface area contributed by atoms with Crippen LogP contribution in [0.2, 0.25) is 0 Å². The maximum atomic E-state index is 10.1. The maximum absolute atomic E-state index is 10.1. The molecule has 4 nitrogen and oxygen atoms in total. The van der Waals surface area contributed by atoms with Gasteiger partial charge in [0.15, 0.2) is 0 Å². The van der Waals surface area contributed by atoms with Crippen molar-refractivity contribution in [3.05, 3.63) is 96.3 Å². The summed E-state index contributed by atoms with van der Waals surface area (Å²) in [5, 5.41) is 11.2. The molecule has 0 aliphatic rings. The van der Waals surface area contributed by atoms with Gasteiger partial charge in [0, 0.05) is 34.4 Å². The fraction of sp³-hybridized carbons (Fsp3) is 0.0385. The number of aryl methyl sites for hydroxylation is 1. The van der Waals surface area contributed by atoms with Crippen molar-refractivity contribution in [3.63, 3.8) is 0 Å². The number of nitrogens with one attached hydrogen (secondary N) is 1. The summed E-state index contributed by atoms with van der Waals surface area (Å²) in [4.78, 5) is 12.7. The monoisotopic (exact) mass is 386 g/mol. The van der Waals surface area contributed by atoms with E-state index in [9.17, 15) is 5.26 Å². The summed E-state index contributed by atoms with van der Waals surface area (Å²) in [5.74, 6) is 0. The van der Waals surface area contributed by atoms with Gasteiger partial charge in [0.2, 0.25) is 0 Å². The zero-order valence-electron chi connectivity index (χ0n) is 16.4. The summed E-state index contributed by atoms with van der Waals surface area (Å²) in [6.45, 7) is 2.05. The summed E-state index contributed by atoms with van der Waals surface area (Å²) in [5.41, 5.74) is 7.67. The predicted octanol–water partition coefficient (Wildman–Crippen LogP) is 6.14. The van der Waals surface area contributed by atoms with Gasteiger partial charge < -0.3 is 4.98 Å². The number of nitriles is 1. The number of H-pyrrole nitrogens is 1. The summed E-state index contributed by atoms with van der Waals surface area (Å²) in [6, 6.07) is 26.4. The Balaban J connectivity index is 1.84. The zero-order chi connectivity index (χ0) is 20.5. The van der Waals surface area contributed by atoms with Gasteiger partial charge in [0.05, 0.1) is 22.6 Å². The van der Waals surface area contributed by atoms with Crippen molar-refractivity contribution in [1.82, 2.24) is 15.0 Å². The van der Waals surface area contributed by atoms with Gasteiger partial charge in [-0.15, -0.1) is 0 Å². The smallest absolute Gasteiger partial charge is 0.102 e. The first-order valence-corrected chi connectivity index (χ1v) is 9.74. The molecule has 4 heteroatoms. The highest BCUT2D eigenvalue weighted by molar-refractivity contribution is 5.97. The molecule has 30 heavy (non-hydrogen) atoms. The zero-order valence-corrected chi connectivity index (χ0v) is 16.4. The molecule has 0 aliphatic heterocycles. The minimum atomic E-state index is 0.559. The topological polar surface area (TPSA) is 65.4 Å². The molecular formula is C26H18N4. The second-order valence-electron chi connectivity index (χ2n) is 7.22. The average Bonchev–Trinajstić information content (AvgIpc) is 3.23. The Bertz CT molecular complexity index is 1390. The standard InChI is InChI=1S/C26H18N4/c1-17-9-11-18(12-10-17)20-14-25(24-8-4-5-13-28-24)30-26(21(20)15-27)22-16-29-23-7-3-2-6-19(22)23/h2-14,16,29H,1H3. The van der Waals surface area contributed by atoms with E-state index in [2.05, 4.69) is 35.1 Å². The molecule has 0 amide bonds. The molecule has 1 N–H and O–H groups in total. The van der Waals surface area contributed by atoms with E-state index in [0.717, 1.165) is 39.0 Å². The highest BCUT2D eigenvalue weighted by atomic mass is 14.8. The lowest BCUT2D eigenvalue weighted by atomic mass is 9.94. The van der Waals surface area contributed by atoms with Crippen LogP contribution in [0.4, 0.5) is 0 Å². The molecule has 5 aromatic rings. The minimum absolute atomic E-state index is 0.559. The van der Waals surface area contributed by atoms with E-state index in [1.165, 1.54) is 5.56 Å². The largest absolute Gasteiger partial charge is 0.360 e. The SMILES string of the molecule is Cc1ccc(-c2cc(-c3ccccn3)nc(-c3c[nH]c4ccccc34)c2C#N)cc1. The lowest BCUT2D eigenvalue weighted by Gasteiger charge is -2.12. The number of nitrogens with zero attached hydrogens (tertiary/aromatic N) is 3. The molecule has 142 valence electrons. The van der Waals surface area contributed by atoms with Crippen LogP contribution < -0.4 is 0 Å². The third-order valence-electron chi connectivity index (χ3n) is 5.27. The first-order valence-electron chi connectivity index (χ1n) is 9.74. The molecule has 2 aromatic carbocycles. The molecule has 3 aromatic heterocycles. The number of hydrogen-bond acceptors (Lipinski definition) is 3. The molecule has 0 fully saturated rings. The van der Waals surface area contributed by atoms with Gasteiger partial charge in [-0.25, -0.2) is 4.98 Å². The fourth-order valence-corrected chi connectivity index (χ4v) is 3.73. The Labute approximate surface area is 174 Å². The first kappa shape index (κ1) is 17.8. The number of benzene rings is 2. The fourth-order valence-electron chi connectivity index (χ4n) is 3.73. The van der Waals surface area contributed by atoms with Gasteiger partial charge in [0.1, 0.15) is 6.07 Å². The molecule has 0 atom stereocenters. The summed E-state index contributed by atoms with van der Waals surface area (Å²) < 4.78 is 0. The molecule has 0 unspecified atom stereocenters. The van der Waals surface area contributed by atoms with Crippen LogP contribution in [0.25, 0.3) is 44.7 Å². The van der Waals surface area contributed by atoms with Crippen molar-refractivity contribution in [1.29, 1.82) is 5.26 Å². The third kappa shape index (κ3) is 3.03. The second kappa shape index (κ2) is 7.31. The number of pyridine rings is 2. The molecule has 0 saturated heterocycles. The van der Waals surface area contributed by atoms with E-state index in [1.54, 1.807) is 6.20 Å². The van der Waals surface area contributed by atoms with E-state index in [-0.39, 0.29) is 0 Å². The van der Waals surface area contributed by atoms with Crippen LogP contribution in [0.1, 0.15) is 11.1 Å². The Hall–Kier alpha value is -4.23. The number of para-hydroxylation sites is 1. The van der Waals surface area contributed by atoms with Crippen molar-refractivity contribution in [3.8, 4) is 39.8 Å². The molecule has 0 bridgehead atoms. The molecule has 0 spiro atoms. The van der Waals surface area contributed by atoms with Crippen molar-refractivity contribution in [2.45, 2.75) is 6.92 Å². The summed E-state index contributed by atoms with van der Waals surface area (Å²) >= 11 is 0. The van der Waals surface area contributed by atoms with Crippen LogP contribution in [0.3, 0.4) is 0 Å². The van der Waals surface area contributed by atoms with Crippen molar-refractivity contribution in [2.24, 2.45) is 0 Å². The molecule has 0 radical (unpaired) electrons. The van der Waals surface area contributed by atoms with E-state index >= 15 is 0 Å². The number of aromatic amines is 1. The van der Waals surface area contributed by atoms with Crippen LogP contribution in [0.15, 0.2) is 85.2 Å². The quantitative estimate of drug-likeness (QED) is 0.405. The normalized spacial score (nSPS) is 10.8. The van der Waals surface area contributed by atoms with Crippen molar-refractivity contribution >= 4 is 10.9 Å². The second-order valence-corrected chi connectivity index (χ2v) is 7.22. The Morgan fingerprint density at radius 3 is 2.43 bits per heavy atom. The van der Waals surface area contributed by atoms with E-state index < -0.39 is 0 Å². The Morgan fingerprint density at radius 2 is 1.67 bits per heavy atom. The molecule has 0 saturated carbocycles. The van der Waals surface area contributed by atoms with Crippen LogP contribution >= 0.6 is 0 Å². The minimum Gasteiger partial charge on any atom is -0.360 e. The van der Waals surface area contributed by atoms with E-state index in [1.807, 2.05) is 66.9 Å². The Morgan fingerprint density at radius 1 is 0.867 bits per heavy atom. The van der Waals surface area contributed by atoms with Crippen LogP contribution in [0, 0.1) is 18.3 Å². The number of rotatable bonds is 3. The van der Waals surface area contributed by atoms with Crippen molar-refractivity contribution in [2.75, 3.05) is 0 Å². The Kier molecular flexibility index (Phi) is 4.34. The lowest BCUT2D eigenvalue weighted by Crippen LogP contribution is -1.97.